The Morgan fingerprint density at radius 1 is 1.00 bits per heavy atom. The molecule has 0 aliphatic carbocycles. The maximum atomic E-state index is 12.5. The van der Waals surface area contributed by atoms with E-state index in [-0.39, 0.29) is 11.7 Å². The van der Waals surface area contributed by atoms with E-state index in [4.69, 9.17) is 0 Å². The van der Waals surface area contributed by atoms with Crippen molar-refractivity contribution >= 4 is 29.9 Å². The summed E-state index contributed by atoms with van der Waals surface area (Å²) in [6.07, 6.45) is -1.94. The van der Waals surface area contributed by atoms with Gasteiger partial charge >= 0.3 is 6.36 Å². The van der Waals surface area contributed by atoms with Crippen LogP contribution in [0.5, 0.6) is 5.75 Å². The van der Waals surface area contributed by atoms with Crippen LogP contribution in [0.3, 0.4) is 0 Å². The molecule has 0 fully saturated rings. The number of ether oxygens (including phenoxy) is 1. The molecule has 0 spiro atoms. The zero-order chi connectivity index (χ0) is 27.3. The second kappa shape index (κ2) is 11.4. The number of aromatic nitrogens is 3. The highest BCUT2D eigenvalue weighted by Gasteiger charge is 2.31. The molecule has 1 aromatic heterocycles. The summed E-state index contributed by atoms with van der Waals surface area (Å²) in [7, 11) is 0. The molecule has 38 heavy (non-hydrogen) atoms. The van der Waals surface area contributed by atoms with E-state index in [1.807, 2.05) is 24.3 Å². The van der Waals surface area contributed by atoms with E-state index >= 15 is 0 Å². The molecule has 0 radical (unpaired) electrons. The summed E-state index contributed by atoms with van der Waals surface area (Å²) in [6, 6.07) is 20.0. The number of carbonyl (C=O) groups is 1. The van der Waals surface area contributed by atoms with Crippen molar-refractivity contribution in [3.8, 4) is 22.8 Å². The third-order valence-corrected chi connectivity index (χ3v) is 5.59. The monoisotopic (exact) mass is 539 g/mol. The van der Waals surface area contributed by atoms with Gasteiger partial charge in [0, 0.05) is 23.0 Å². The molecule has 7 nitrogen and oxygen atoms in total. The molecule has 4 rings (SSSR count). The molecule has 1 amide bonds. The highest BCUT2D eigenvalue weighted by molar-refractivity contribution is 7.84. The van der Waals surface area contributed by atoms with Crippen LogP contribution in [0, 0.1) is 0 Å². The van der Waals surface area contributed by atoms with E-state index < -0.39 is 6.36 Å². The van der Waals surface area contributed by atoms with Gasteiger partial charge in [-0.05, 0) is 66.1 Å². The molecule has 0 aliphatic rings. The number of nitrogens with one attached hydrogen (secondary N) is 2. The number of anilines is 2. The summed E-state index contributed by atoms with van der Waals surface area (Å²) in [5, 5.41) is 10.7. The minimum absolute atomic E-state index is 0.312. The Morgan fingerprint density at radius 3 is 2.34 bits per heavy atom. The molecule has 0 saturated carbocycles. The van der Waals surface area contributed by atoms with Crippen molar-refractivity contribution < 1.29 is 22.7 Å². The first-order valence-corrected chi connectivity index (χ1v) is 12.0. The lowest BCUT2D eigenvalue weighted by Crippen LogP contribution is -2.17. The number of hydrogen-bond acceptors (Lipinski definition) is 6. The molecule has 196 valence electrons. The predicted octanol–water partition coefficient (Wildman–Crippen LogP) is 6.78. The summed E-state index contributed by atoms with van der Waals surface area (Å²) >= 11 is 4.40. The molecule has 0 unspecified atom stereocenters. The summed E-state index contributed by atoms with van der Waals surface area (Å²) in [5.41, 5.74) is 3.78. The highest BCUT2D eigenvalue weighted by Crippen LogP contribution is 2.26. The fraction of sp³-hybridized carbons (Fsp3) is 0.148. The van der Waals surface area contributed by atoms with Crippen LogP contribution in [0.4, 0.5) is 24.5 Å². The molecular formula is C27H24F3N5O2S. The number of benzene rings is 3. The van der Waals surface area contributed by atoms with Gasteiger partial charge in [-0.15, -0.1) is 30.9 Å². The molecular weight excluding hydrogens is 515 g/mol. The first kappa shape index (κ1) is 26.8. The molecule has 2 N–H and O–H groups in total. The minimum Gasteiger partial charge on any atom is -0.406 e. The number of rotatable bonds is 8. The van der Waals surface area contributed by atoms with E-state index in [9.17, 15) is 18.0 Å². The van der Waals surface area contributed by atoms with E-state index in [0.29, 0.717) is 33.7 Å². The molecule has 0 atom stereocenters. The van der Waals surface area contributed by atoms with Crippen LogP contribution >= 0.6 is 12.6 Å². The maximum Gasteiger partial charge on any atom is 0.573 e. The standard InChI is InChI=1S/C27H24F3N5O2S/c1-17(2)22-5-3-4-6-23(22)33-25(38)15-24(36)32-19-9-7-18(8-10-19)26-31-16-35(34-26)20-11-13-21(14-12-20)37-27(28,29)30/h3-17,33,38H,1-2H3,(H,32,36)/b25-15-. The largest absolute Gasteiger partial charge is 0.573 e. The smallest absolute Gasteiger partial charge is 0.406 e. The average molecular weight is 540 g/mol. The number of para-hydroxylation sites is 1. The lowest BCUT2D eigenvalue weighted by molar-refractivity contribution is -0.274. The quantitative estimate of drug-likeness (QED) is 0.170. The lowest BCUT2D eigenvalue weighted by Gasteiger charge is -2.14. The summed E-state index contributed by atoms with van der Waals surface area (Å²) in [4.78, 5) is 16.7. The highest BCUT2D eigenvalue weighted by atomic mass is 32.1. The van der Waals surface area contributed by atoms with Crippen LogP contribution in [0.1, 0.15) is 25.3 Å². The van der Waals surface area contributed by atoms with Crippen LogP contribution in [0.25, 0.3) is 17.1 Å². The Balaban J connectivity index is 1.38. The number of amides is 1. The van der Waals surface area contributed by atoms with Crippen LogP contribution in [-0.2, 0) is 4.79 Å². The van der Waals surface area contributed by atoms with Gasteiger partial charge in [0.05, 0.1) is 10.7 Å². The SMILES string of the molecule is CC(C)c1ccccc1N/C(S)=C/C(=O)Nc1ccc(-c2ncn(-c3ccc(OC(F)(F)F)cc3)n2)cc1. The molecule has 0 bridgehead atoms. The van der Waals surface area contributed by atoms with Crippen molar-refractivity contribution in [1.82, 2.24) is 14.8 Å². The second-order valence-corrected chi connectivity index (χ2v) is 9.00. The average Bonchev–Trinajstić information content (AvgIpc) is 3.34. The van der Waals surface area contributed by atoms with Crippen molar-refractivity contribution in [3.05, 3.63) is 95.8 Å². The third kappa shape index (κ3) is 7.16. The number of alkyl halides is 3. The Kier molecular flexibility index (Phi) is 8.06. The van der Waals surface area contributed by atoms with Gasteiger partial charge in [-0.3, -0.25) is 4.79 Å². The van der Waals surface area contributed by atoms with Gasteiger partial charge < -0.3 is 15.4 Å². The van der Waals surface area contributed by atoms with E-state index in [2.05, 4.69) is 51.9 Å². The predicted molar refractivity (Wildman–Crippen MR) is 143 cm³/mol. The van der Waals surface area contributed by atoms with E-state index in [1.165, 1.54) is 41.4 Å². The first-order chi connectivity index (χ1) is 18.1. The Labute approximate surface area is 222 Å². The summed E-state index contributed by atoms with van der Waals surface area (Å²) < 4.78 is 42.4. The Bertz CT molecular complexity index is 1430. The molecule has 0 aliphatic heterocycles. The Morgan fingerprint density at radius 2 is 1.68 bits per heavy atom. The van der Waals surface area contributed by atoms with Crippen LogP contribution in [0.2, 0.25) is 0 Å². The zero-order valence-corrected chi connectivity index (χ0v) is 21.3. The Hall–Kier alpha value is -4.25. The van der Waals surface area contributed by atoms with E-state index in [0.717, 1.165) is 11.3 Å². The molecule has 11 heteroatoms. The van der Waals surface area contributed by atoms with Gasteiger partial charge in [0.25, 0.3) is 5.91 Å². The van der Waals surface area contributed by atoms with E-state index in [1.54, 1.807) is 24.3 Å². The van der Waals surface area contributed by atoms with Crippen molar-refractivity contribution in [2.24, 2.45) is 0 Å². The van der Waals surface area contributed by atoms with Gasteiger partial charge in [-0.2, -0.15) is 0 Å². The maximum absolute atomic E-state index is 12.5. The molecule has 3 aromatic carbocycles. The van der Waals surface area contributed by atoms with Crippen LogP contribution < -0.4 is 15.4 Å². The molecule has 1 heterocycles. The topological polar surface area (TPSA) is 81.1 Å². The van der Waals surface area contributed by atoms with Gasteiger partial charge in [0.2, 0.25) is 0 Å². The number of nitrogens with zero attached hydrogens (tertiary/aromatic N) is 3. The zero-order valence-electron chi connectivity index (χ0n) is 20.4. The minimum atomic E-state index is -4.75. The van der Waals surface area contributed by atoms with Crippen molar-refractivity contribution in [2.75, 3.05) is 10.6 Å². The normalized spacial score (nSPS) is 11.9. The summed E-state index contributed by atoms with van der Waals surface area (Å²) in [5.74, 6) is 0.0448. The molecule has 4 aromatic rings. The number of carbonyl (C=O) groups excluding carboxylic acids is 1. The fourth-order valence-corrected chi connectivity index (χ4v) is 3.85. The van der Waals surface area contributed by atoms with Crippen LogP contribution in [-0.4, -0.2) is 27.0 Å². The number of hydrogen-bond donors (Lipinski definition) is 3. The van der Waals surface area contributed by atoms with Gasteiger partial charge in [-0.1, -0.05) is 32.0 Å². The molecule has 0 saturated heterocycles. The van der Waals surface area contributed by atoms with Gasteiger partial charge in [0.1, 0.15) is 12.1 Å². The second-order valence-electron chi connectivity index (χ2n) is 8.52. The fourth-order valence-electron chi connectivity index (χ4n) is 3.61. The number of halogens is 3. The van der Waals surface area contributed by atoms with Gasteiger partial charge in [-0.25, -0.2) is 9.67 Å². The summed E-state index contributed by atoms with van der Waals surface area (Å²) in [6.45, 7) is 4.18. The number of thiol groups is 1. The first-order valence-electron chi connectivity index (χ1n) is 11.5. The third-order valence-electron chi connectivity index (χ3n) is 5.35. The lowest BCUT2D eigenvalue weighted by atomic mass is 10.0. The van der Waals surface area contributed by atoms with Crippen LogP contribution in [0.15, 0.2) is 90.2 Å². The van der Waals surface area contributed by atoms with Gasteiger partial charge in [0.15, 0.2) is 5.82 Å². The van der Waals surface area contributed by atoms with Crippen molar-refractivity contribution in [2.45, 2.75) is 26.1 Å². The van der Waals surface area contributed by atoms with Crippen molar-refractivity contribution in [1.29, 1.82) is 0 Å². The van der Waals surface area contributed by atoms with Crippen molar-refractivity contribution in [3.63, 3.8) is 0 Å².